The average molecular weight is 454 g/mol. The maximum atomic E-state index is 14.0. The highest BCUT2D eigenvalue weighted by atomic mass is 19.1. The van der Waals surface area contributed by atoms with Crippen molar-refractivity contribution in [1.29, 1.82) is 0 Å². The minimum absolute atomic E-state index is 0.0676. The number of halogens is 1. The van der Waals surface area contributed by atoms with Crippen molar-refractivity contribution < 1.29 is 9.18 Å². The van der Waals surface area contributed by atoms with E-state index in [0.29, 0.717) is 19.4 Å². The van der Waals surface area contributed by atoms with Gasteiger partial charge in [0, 0.05) is 48.2 Å². The summed E-state index contributed by atoms with van der Waals surface area (Å²) in [6.45, 7) is 2.31. The number of H-pyrrole nitrogens is 1. The Hall–Kier alpha value is -4.26. The first-order valence-electron chi connectivity index (χ1n) is 11.2. The van der Waals surface area contributed by atoms with Crippen LogP contribution in [0.4, 0.5) is 4.39 Å². The van der Waals surface area contributed by atoms with Gasteiger partial charge in [-0.3, -0.25) is 9.36 Å². The molecule has 1 amide bonds. The summed E-state index contributed by atoms with van der Waals surface area (Å²) in [5.41, 5.74) is 4.68. The number of aromatic nitrogens is 4. The summed E-state index contributed by atoms with van der Waals surface area (Å²) in [6.07, 6.45) is 6.10. The van der Waals surface area contributed by atoms with E-state index in [1.807, 2.05) is 60.2 Å². The first kappa shape index (κ1) is 21.6. The summed E-state index contributed by atoms with van der Waals surface area (Å²) in [5, 5.41) is 3.80. The summed E-state index contributed by atoms with van der Waals surface area (Å²) < 4.78 is 15.9. The summed E-state index contributed by atoms with van der Waals surface area (Å²) in [5.74, 6) is 1.24. The SMILES string of the molecule is Cc1nccn1-c1cc(CNC(=O)CCc2c(-c3ccccc3)[nH]c3ccc(F)cc23)ccn1. The number of hydrogen-bond acceptors (Lipinski definition) is 3. The highest BCUT2D eigenvalue weighted by Gasteiger charge is 2.15. The second-order valence-electron chi connectivity index (χ2n) is 8.18. The molecule has 2 N–H and O–H groups in total. The maximum absolute atomic E-state index is 14.0. The van der Waals surface area contributed by atoms with Crippen LogP contribution in [0.5, 0.6) is 0 Å². The van der Waals surface area contributed by atoms with Gasteiger partial charge in [0.2, 0.25) is 5.91 Å². The van der Waals surface area contributed by atoms with Crippen molar-refractivity contribution in [3.63, 3.8) is 0 Å². The lowest BCUT2D eigenvalue weighted by Gasteiger charge is -2.09. The first-order valence-corrected chi connectivity index (χ1v) is 11.2. The number of amides is 1. The third kappa shape index (κ3) is 4.45. The van der Waals surface area contributed by atoms with Gasteiger partial charge in [0.1, 0.15) is 17.5 Å². The van der Waals surface area contributed by atoms with Gasteiger partial charge in [-0.2, -0.15) is 0 Å². The number of imidazole rings is 1. The summed E-state index contributed by atoms with van der Waals surface area (Å²) >= 11 is 0. The number of carbonyl (C=O) groups is 1. The van der Waals surface area contributed by atoms with Crippen molar-refractivity contribution in [2.75, 3.05) is 0 Å². The molecule has 5 aromatic rings. The number of nitrogens with one attached hydrogen (secondary N) is 2. The van der Waals surface area contributed by atoms with Crippen molar-refractivity contribution in [2.45, 2.75) is 26.3 Å². The number of carbonyl (C=O) groups excluding carboxylic acids is 1. The fourth-order valence-electron chi connectivity index (χ4n) is 4.18. The number of fused-ring (bicyclic) bond motifs is 1. The predicted octanol–water partition coefficient (Wildman–Crippen LogP) is 5.11. The largest absolute Gasteiger partial charge is 0.354 e. The lowest BCUT2D eigenvalue weighted by atomic mass is 10.0. The maximum Gasteiger partial charge on any atom is 0.220 e. The fourth-order valence-corrected chi connectivity index (χ4v) is 4.18. The van der Waals surface area contributed by atoms with Crippen LogP contribution >= 0.6 is 0 Å². The fraction of sp³-hybridized carbons (Fsp3) is 0.148. The van der Waals surface area contributed by atoms with Gasteiger partial charge in [0.05, 0.1) is 0 Å². The molecular weight excluding hydrogens is 429 g/mol. The van der Waals surface area contributed by atoms with E-state index in [4.69, 9.17) is 0 Å². The Balaban J connectivity index is 1.30. The zero-order valence-corrected chi connectivity index (χ0v) is 18.8. The Morgan fingerprint density at radius 3 is 2.71 bits per heavy atom. The lowest BCUT2D eigenvalue weighted by molar-refractivity contribution is -0.121. The molecule has 3 aromatic heterocycles. The molecule has 5 rings (SSSR count). The second-order valence-corrected chi connectivity index (χ2v) is 8.18. The minimum atomic E-state index is -0.293. The number of hydrogen-bond donors (Lipinski definition) is 2. The molecule has 0 bridgehead atoms. The van der Waals surface area contributed by atoms with E-state index in [9.17, 15) is 9.18 Å². The van der Waals surface area contributed by atoms with E-state index < -0.39 is 0 Å². The summed E-state index contributed by atoms with van der Waals surface area (Å²) in [7, 11) is 0. The normalized spacial score (nSPS) is 11.1. The van der Waals surface area contributed by atoms with Crippen LogP contribution in [0.3, 0.4) is 0 Å². The van der Waals surface area contributed by atoms with E-state index in [1.54, 1.807) is 18.5 Å². The monoisotopic (exact) mass is 453 g/mol. The minimum Gasteiger partial charge on any atom is -0.354 e. The molecule has 0 radical (unpaired) electrons. The lowest BCUT2D eigenvalue weighted by Crippen LogP contribution is -2.23. The van der Waals surface area contributed by atoms with E-state index in [1.165, 1.54) is 12.1 Å². The quantitative estimate of drug-likeness (QED) is 0.360. The van der Waals surface area contributed by atoms with Crippen LogP contribution in [0.2, 0.25) is 0 Å². The van der Waals surface area contributed by atoms with Gasteiger partial charge in [-0.1, -0.05) is 30.3 Å². The molecule has 0 aliphatic carbocycles. The van der Waals surface area contributed by atoms with E-state index in [2.05, 4.69) is 20.3 Å². The second kappa shape index (κ2) is 9.31. The van der Waals surface area contributed by atoms with Gasteiger partial charge in [-0.05, 0) is 60.4 Å². The summed E-state index contributed by atoms with van der Waals surface area (Å²) in [6, 6.07) is 18.4. The number of aromatic amines is 1. The highest BCUT2D eigenvalue weighted by Crippen LogP contribution is 2.31. The van der Waals surface area contributed by atoms with Crippen molar-refractivity contribution >= 4 is 16.8 Å². The molecule has 2 aromatic carbocycles. The van der Waals surface area contributed by atoms with Crippen molar-refractivity contribution in [2.24, 2.45) is 0 Å². The van der Waals surface area contributed by atoms with Gasteiger partial charge < -0.3 is 10.3 Å². The zero-order chi connectivity index (χ0) is 23.5. The van der Waals surface area contributed by atoms with Crippen LogP contribution in [0.25, 0.3) is 28.0 Å². The topological polar surface area (TPSA) is 75.6 Å². The van der Waals surface area contributed by atoms with Gasteiger partial charge in [-0.15, -0.1) is 0 Å². The van der Waals surface area contributed by atoms with Crippen molar-refractivity contribution in [3.8, 4) is 17.1 Å². The smallest absolute Gasteiger partial charge is 0.220 e. The Morgan fingerprint density at radius 2 is 1.91 bits per heavy atom. The molecule has 7 heteroatoms. The molecular formula is C27H24FN5O. The summed E-state index contributed by atoms with van der Waals surface area (Å²) in [4.78, 5) is 24.7. The Bertz CT molecular complexity index is 1450. The zero-order valence-electron chi connectivity index (χ0n) is 18.8. The highest BCUT2D eigenvalue weighted by molar-refractivity contribution is 5.91. The van der Waals surface area contributed by atoms with E-state index in [0.717, 1.165) is 44.9 Å². The molecule has 6 nitrogen and oxygen atoms in total. The molecule has 170 valence electrons. The standard InChI is InChI=1S/C27H24FN5O/c1-18-29-13-14-33(18)25-15-19(11-12-30-25)17-31-26(34)10-8-22-23-16-21(28)7-9-24(23)32-27(22)20-5-3-2-4-6-20/h2-7,9,11-16,32H,8,10,17H2,1H3,(H,31,34). The molecule has 34 heavy (non-hydrogen) atoms. The Morgan fingerprint density at radius 1 is 1.06 bits per heavy atom. The van der Waals surface area contributed by atoms with Crippen LogP contribution in [0, 0.1) is 12.7 Å². The van der Waals surface area contributed by atoms with Gasteiger partial charge >= 0.3 is 0 Å². The molecule has 0 aliphatic rings. The number of rotatable bonds is 7. The number of pyridine rings is 1. The van der Waals surface area contributed by atoms with Gasteiger partial charge in [-0.25, -0.2) is 14.4 Å². The third-order valence-electron chi connectivity index (χ3n) is 5.90. The molecule has 0 atom stereocenters. The van der Waals surface area contributed by atoms with Crippen LogP contribution in [0.15, 0.2) is 79.3 Å². The predicted molar refractivity (Wildman–Crippen MR) is 130 cm³/mol. The Kier molecular flexibility index (Phi) is 5.91. The van der Waals surface area contributed by atoms with Gasteiger partial charge in [0.15, 0.2) is 0 Å². The first-order chi connectivity index (χ1) is 16.6. The van der Waals surface area contributed by atoms with Gasteiger partial charge in [0.25, 0.3) is 0 Å². The molecule has 0 fully saturated rings. The van der Waals surface area contributed by atoms with Crippen LogP contribution in [0.1, 0.15) is 23.4 Å². The number of aryl methyl sites for hydroxylation is 2. The third-order valence-corrected chi connectivity index (χ3v) is 5.90. The number of benzene rings is 2. The van der Waals surface area contributed by atoms with E-state index in [-0.39, 0.29) is 11.7 Å². The Labute approximate surface area is 196 Å². The molecule has 0 spiro atoms. The molecule has 0 unspecified atom stereocenters. The number of nitrogens with zero attached hydrogens (tertiary/aromatic N) is 3. The molecule has 0 saturated carbocycles. The molecule has 0 saturated heterocycles. The van der Waals surface area contributed by atoms with Crippen molar-refractivity contribution in [1.82, 2.24) is 24.8 Å². The van der Waals surface area contributed by atoms with Crippen LogP contribution < -0.4 is 5.32 Å². The average Bonchev–Trinajstić information content (AvgIpc) is 3.45. The van der Waals surface area contributed by atoms with Crippen molar-refractivity contribution in [3.05, 3.63) is 102 Å². The van der Waals surface area contributed by atoms with Crippen LogP contribution in [-0.2, 0) is 17.8 Å². The van der Waals surface area contributed by atoms with E-state index >= 15 is 0 Å². The van der Waals surface area contributed by atoms with Crippen LogP contribution in [-0.4, -0.2) is 25.4 Å². The molecule has 3 heterocycles. The molecule has 0 aliphatic heterocycles.